The molecular formula is C12H20FN3O2. The van der Waals surface area contributed by atoms with Crippen LogP contribution in [0, 0.1) is 5.82 Å². The molecule has 1 N–H and O–H groups in total. The van der Waals surface area contributed by atoms with Gasteiger partial charge in [-0.2, -0.15) is 9.37 Å². The molecule has 1 aromatic rings. The zero-order chi connectivity index (χ0) is 13.2. The lowest BCUT2D eigenvalue weighted by atomic mass is 10.4. The molecule has 0 aliphatic heterocycles. The van der Waals surface area contributed by atoms with Crippen LogP contribution in [0.5, 0.6) is 5.88 Å². The molecule has 0 aromatic carbocycles. The number of nitrogens with one attached hydrogen (secondary N) is 1. The topological polar surface area (TPSA) is 56.3 Å². The fraction of sp³-hybridized carbons (Fsp3) is 0.667. The summed E-state index contributed by atoms with van der Waals surface area (Å²) in [5.41, 5.74) is 0. The molecule has 1 rings (SSSR count). The van der Waals surface area contributed by atoms with Crippen molar-refractivity contribution in [3.05, 3.63) is 12.0 Å². The van der Waals surface area contributed by atoms with E-state index in [0.29, 0.717) is 25.7 Å². The van der Waals surface area contributed by atoms with Crippen LogP contribution in [-0.4, -0.2) is 36.3 Å². The predicted molar refractivity (Wildman–Crippen MR) is 67.4 cm³/mol. The van der Waals surface area contributed by atoms with Crippen LogP contribution in [-0.2, 0) is 4.74 Å². The van der Waals surface area contributed by atoms with Gasteiger partial charge in [0, 0.05) is 13.2 Å². The van der Waals surface area contributed by atoms with E-state index in [2.05, 4.69) is 22.2 Å². The van der Waals surface area contributed by atoms with Crippen molar-refractivity contribution in [1.82, 2.24) is 9.97 Å². The molecular weight excluding hydrogens is 237 g/mol. The van der Waals surface area contributed by atoms with E-state index in [9.17, 15) is 4.39 Å². The van der Waals surface area contributed by atoms with E-state index in [1.807, 2.05) is 6.92 Å². The Balaban J connectivity index is 2.34. The average molecular weight is 257 g/mol. The molecule has 0 saturated carbocycles. The van der Waals surface area contributed by atoms with Crippen LogP contribution < -0.4 is 10.1 Å². The fourth-order valence-electron chi connectivity index (χ4n) is 1.24. The van der Waals surface area contributed by atoms with E-state index < -0.39 is 5.82 Å². The summed E-state index contributed by atoms with van der Waals surface area (Å²) in [6.07, 6.45) is 3.21. The fourth-order valence-corrected chi connectivity index (χ4v) is 1.24. The second kappa shape index (κ2) is 8.63. The minimum atomic E-state index is -0.565. The van der Waals surface area contributed by atoms with Gasteiger partial charge in [-0.25, -0.2) is 4.98 Å². The molecule has 0 aliphatic carbocycles. The highest BCUT2D eigenvalue weighted by Gasteiger charge is 2.07. The summed E-state index contributed by atoms with van der Waals surface area (Å²) in [5, 5.41) is 2.89. The Labute approximate surface area is 107 Å². The smallest absolute Gasteiger partial charge is 0.255 e. The molecule has 1 heterocycles. The summed E-state index contributed by atoms with van der Waals surface area (Å²) in [6.45, 7) is 6.09. The number of aromatic nitrogens is 2. The number of ether oxygens (including phenoxy) is 2. The first-order valence-electron chi connectivity index (χ1n) is 6.24. The highest BCUT2D eigenvalue weighted by atomic mass is 19.1. The Hall–Kier alpha value is -1.43. The van der Waals surface area contributed by atoms with E-state index >= 15 is 0 Å². The van der Waals surface area contributed by atoms with Crippen molar-refractivity contribution in [2.24, 2.45) is 0 Å². The minimum Gasteiger partial charge on any atom is -0.473 e. The lowest BCUT2D eigenvalue weighted by molar-refractivity contribution is 0.0949. The van der Waals surface area contributed by atoms with Crippen LogP contribution in [0.2, 0.25) is 0 Å². The van der Waals surface area contributed by atoms with Crippen molar-refractivity contribution >= 4 is 5.95 Å². The van der Waals surface area contributed by atoms with Gasteiger partial charge in [-0.05, 0) is 13.3 Å². The lowest BCUT2D eigenvalue weighted by Gasteiger charge is -2.08. The molecule has 0 saturated heterocycles. The van der Waals surface area contributed by atoms with Gasteiger partial charge in [0.1, 0.15) is 6.61 Å². The van der Waals surface area contributed by atoms with Crippen LogP contribution in [0.1, 0.15) is 26.7 Å². The summed E-state index contributed by atoms with van der Waals surface area (Å²) >= 11 is 0. The molecule has 5 nitrogen and oxygen atoms in total. The Kier molecular flexibility index (Phi) is 7.01. The second-order valence-corrected chi connectivity index (χ2v) is 3.69. The summed E-state index contributed by atoms with van der Waals surface area (Å²) in [4.78, 5) is 7.71. The maximum Gasteiger partial charge on any atom is 0.255 e. The molecule has 0 spiro atoms. The summed E-state index contributed by atoms with van der Waals surface area (Å²) in [5.74, 6) is -0.244. The van der Waals surface area contributed by atoms with Gasteiger partial charge in [0.15, 0.2) is 0 Å². The quantitative estimate of drug-likeness (QED) is 0.688. The van der Waals surface area contributed by atoms with Crippen LogP contribution in [0.25, 0.3) is 0 Å². The number of rotatable bonds is 9. The van der Waals surface area contributed by atoms with E-state index in [-0.39, 0.29) is 12.5 Å². The van der Waals surface area contributed by atoms with Crippen LogP contribution in [0.4, 0.5) is 10.3 Å². The zero-order valence-electron chi connectivity index (χ0n) is 10.9. The van der Waals surface area contributed by atoms with Gasteiger partial charge in [-0.3, -0.25) is 0 Å². The van der Waals surface area contributed by atoms with Gasteiger partial charge >= 0.3 is 0 Å². The molecule has 0 aliphatic rings. The molecule has 1 aromatic heterocycles. The van der Waals surface area contributed by atoms with Gasteiger partial charge in [-0.1, -0.05) is 13.3 Å². The van der Waals surface area contributed by atoms with E-state index in [1.165, 1.54) is 0 Å². The first-order chi connectivity index (χ1) is 8.77. The van der Waals surface area contributed by atoms with Crippen molar-refractivity contribution in [2.75, 3.05) is 31.7 Å². The Morgan fingerprint density at radius 2 is 2.11 bits per heavy atom. The maximum absolute atomic E-state index is 13.3. The third-order valence-electron chi connectivity index (χ3n) is 2.16. The molecule has 0 amide bonds. The Morgan fingerprint density at radius 1 is 1.28 bits per heavy atom. The molecule has 6 heteroatoms. The van der Waals surface area contributed by atoms with Crippen molar-refractivity contribution in [3.8, 4) is 5.88 Å². The summed E-state index contributed by atoms with van der Waals surface area (Å²) in [6, 6.07) is 0. The molecule has 0 unspecified atom stereocenters. The normalized spacial score (nSPS) is 10.4. The second-order valence-electron chi connectivity index (χ2n) is 3.69. The largest absolute Gasteiger partial charge is 0.473 e. The number of hydrogen-bond acceptors (Lipinski definition) is 5. The van der Waals surface area contributed by atoms with Crippen molar-refractivity contribution in [3.63, 3.8) is 0 Å². The third kappa shape index (κ3) is 5.27. The summed E-state index contributed by atoms with van der Waals surface area (Å²) in [7, 11) is 0. The van der Waals surface area contributed by atoms with E-state index in [1.54, 1.807) is 0 Å². The average Bonchev–Trinajstić information content (AvgIpc) is 2.37. The Bertz CT molecular complexity index is 350. The zero-order valence-corrected chi connectivity index (χ0v) is 10.9. The first-order valence-corrected chi connectivity index (χ1v) is 6.24. The molecule has 0 bridgehead atoms. The minimum absolute atomic E-state index is 0.0416. The predicted octanol–water partition coefficient (Wildman–Crippen LogP) is 2.24. The standard InChI is InChI=1S/C12H20FN3O2/c1-3-5-6-17-7-8-18-11-10(13)9-15-12(16-11)14-4-2/h9H,3-8H2,1-2H3,(H,14,15,16). The van der Waals surface area contributed by atoms with Crippen molar-refractivity contribution in [1.29, 1.82) is 0 Å². The monoisotopic (exact) mass is 257 g/mol. The van der Waals surface area contributed by atoms with Gasteiger partial charge in [0.25, 0.3) is 5.88 Å². The number of anilines is 1. The first kappa shape index (κ1) is 14.6. The van der Waals surface area contributed by atoms with Crippen LogP contribution in [0.15, 0.2) is 6.20 Å². The molecule has 0 atom stereocenters. The van der Waals surface area contributed by atoms with Gasteiger partial charge in [-0.15, -0.1) is 0 Å². The van der Waals surface area contributed by atoms with E-state index in [0.717, 1.165) is 19.0 Å². The van der Waals surface area contributed by atoms with Crippen LogP contribution in [0.3, 0.4) is 0 Å². The van der Waals surface area contributed by atoms with Gasteiger partial charge < -0.3 is 14.8 Å². The van der Waals surface area contributed by atoms with Gasteiger partial charge in [0.2, 0.25) is 11.8 Å². The maximum atomic E-state index is 13.3. The van der Waals surface area contributed by atoms with Gasteiger partial charge in [0.05, 0.1) is 12.8 Å². The number of halogens is 1. The lowest BCUT2D eigenvalue weighted by Crippen LogP contribution is -2.11. The summed E-state index contributed by atoms with van der Waals surface area (Å²) < 4.78 is 23.8. The highest BCUT2D eigenvalue weighted by molar-refractivity contribution is 5.27. The number of hydrogen-bond donors (Lipinski definition) is 1. The molecule has 18 heavy (non-hydrogen) atoms. The SMILES string of the molecule is CCCCOCCOc1nc(NCC)ncc1F. The van der Waals surface area contributed by atoms with Crippen molar-refractivity contribution < 1.29 is 13.9 Å². The third-order valence-corrected chi connectivity index (χ3v) is 2.16. The molecule has 102 valence electrons. The highest BCUT2D eigenvalue weighted by Crippen LogP contribution is 2.14. The molecule has 0 radical (unpaired) electrons. The number of unbranched alkanes of at least 4 members (excludes halogenated alkanes) is 1. The molecule has 0 fully saturated rings. The van der Waals surface area contributed by atoms with Crippen LogP contribution >= 0.6 is 0 Å². The number of nitrogens with zero attached hydrogens (tertiary/aromatic N) is 2. The van der Waals surface area contributed by atoms with Crippen molar-refractivity contribution in [2.45, 2.75) is 26.7 Å². The Morgan fingerprint density at radius 3 is 2.83 bits per heavy atom. The van der Waals surface area contributed by atoms with E-state index in [4.69, 9.17) is 9.47 Å².